The van der Waals surface area contributed by atoms with E-state index in [-0.39, 0.29) is 6.54 Å². The quantitative estimate of drug-likeness (QED) is 0.319. The minimum Gasteiger partial charge on any atom is -0.494 e. The smallest absolute Gasteiger partial charge is 0.271 e. The van der Waals surface area contributed by atoms with Gasteiger partial charge in [0.2, 0.25) is 10.0 Å². The number of nitrogens with one attached hydrogen (secondary N) is 1. The summed E-state index contributed by atoms with van der Waals surface area (Å²) in [7, 11) is -3.58. The van der Waals surface area contributed by atoms with Crippen LogP contribution in [-0.4, -0.2) is 33.4 Å². The molecule has 3 rings (SSSR count). The number of carbonyl (C=O) groups excluding carboxylic acids is 1. The molecule has 7 nitrogen and oxygen atoms in total. The van der Waals surface area contributed by atoms with Crippen molar-refractivity contribution in [1.82, 2.24) is 5.43 Å². The number of anilines is 1. The minimum absolute atomic E-state index is 0.0800. The van der Waals surface area contributed by atoms with Crippen molar-refractivity contribution < 1.29 is 17.9 Å². The van der Waals surface area contributed by atoms with E-state index in [2.05, 4.69) is 10.5 Å². The van der Waals surface area contributed by atoms with Gasteiger partial charge in [-0.15, -0.1) is 0 Å². The van der Waals surface area contributed by atoms with Crippen molar-refractivity contribution in [3.8, 4) is 5.75 Å². The molecule has 0 aliphatic carbocycles. The summed E-state index contributed by atoms with van der Waals surface area (Å²) in [4.78, 5) is 12.4. The Morgan fingerprint density at radius 1 is 1.06 bits per heavy atom. The van der Waals surface area contributed by atoms with E-state index in [1.54, 1.807) is 48.5 Å². The second kappa shape index (κ2) is 11.7. The van der Waals surface area contributed by atoms with Crippen LogP contribution in [-0.2, 0) is 16.6 Å². The Morgan fingerprint density at radius 2 is 1.74 bits per heavy atom. The number of benzene rings is 3. The zero-order chi connectivity index (χ0) is 24.6. The van der Waals surface area contributed by atoms with Crippen LogP contribution < -0.4 is 14.5 Å². The first-order valence-corrected chi connectivity index (χ1v) is 12.9. The third-order valence-corrected chi connectivity index (χ3v) is 6.33. The van der Waals surface area contributed by atoms with E-state index in [1.165, 1.54) is 10.5 Å². The molecule has 0 aliphatic rings. The second-order valence-electron chi connectivity index (χ2n) is 7.52. The molecular weight excluding hydrogens is 474 g/mol. The largest absolute Gasteiger partial charge is 0.494 e. The summed E-state index contributed by atoms with van der Waals surface area (Å²) in [5.41, 5.74) is 4.72. The van der Waals surface area contributed by atoms with Gasteiger partial charge >= 0.3 is 0 Å². The molecule has 1 amide bonds. The Morgan fingerprint density at radius 3 is 2.35 bits per heavy atom. The molecular formula is C25H26ClN3O4S. The van der Waals surface area contributed by atoms with Gasteiger partial charge in [0, 0.05) is 10.6 Å². The van der Waals surface area contributed by atoms with Gasteiger partial charge in [-0.05, 0) is 72.1 Å². The van der Waals surface area contributed by atoms with Crippen molar-refractivity contribution >= 4 is 39.4 Å². The molecule has 0 bridgehead atoms. The average Bonchev–Trinajstić information content (AvgIpc) is 2.82. The van der Waals surface area contributed by atoms with Crippen LogP contribution in [0.4, 0.5) is 5.69 Å². The van der Waals surface area contributed by atoms with Crippen molar-refractivity contribution in [3.63, 3.8) is 0 Å². The summed E-state index contributed by atoms with van der Waals surface area (Å²) < 4.78 is 31.6. The molecule has 0 aromatic heterocycles. The summed E-state index contributed by atoms with van der Waals surface area (Å²) >= 11 is 6.20. The summed E-state index contributed by atoms with van der Waals surface area (Å²) in [6.45, 7) is 2.78. The Bertz CT molecular complexity index is 1240. The maximum Gasteiger partial charge on any atom is 0.271 e. The first-order chi connectivity index (χ1) is 16.3. The van der Waals surface area contributed by atoms with Crippen molar-refractivity contribution in [1.29, 1.82) is 0 Å². The zero-order valence-electron chi connectivity index (χ0n) is 18.9. The lowest BCUT2D eigenvalue weighted by Crippen LogP contribution is -2.29. The van der Waals surface area contributed by atoms with E-state index < -0.39 is 15.9 Å². The van der Waals surface area contributed by atoms with E-state index in [4.69, 9.17) is 16.3 Å². The van der Waals surface area contributed by atoms with Crippen LogP contribution in [0.25, 0.3) is 0 Å². The molecule has 0 atom stereocenters. The number of ether oxygens (including phenoxy) is 1. The predicted molar refractivity (Wildman–Crippen MR) is 136 cm³/mol. The summed E-state index contributed by atoms with van der Waals surface area (Å²) in [6, 6.07) is 20.7. The van der Waals surface area contributed by atoms with Crippen LogP contribution in [0.1, 0.15) is 34.8 Å². The summed E-state index contributed by atoms with van der Waals surface area (Å²) in [5.74, 6) is 0.364. The van der Waals surface area contributed by atoms with Crippen LogP contribution in [0, 0.1) is 0 Å². The maximum atomic E-state index is 12.4. The van der Waals surface area contributed by atoms with E-state index in [0.29, 0.717) is 28.4 Å². The Hall–Kier alpha value is -3.36. The number of hydrogen-bond donors (Lipinski definition) is 1. The van der Waals surface area contributed by atoms with Gasteiger partial charge < -0.3 is 4.74 Å². The van der Waals surface area contributed by atoms with Crippen molar-refractivity contribution in [2.75, 3.05) is 17.2 Å². The van der Waals surface area contributed by atoms with Crippen LogP contribution in [0.15, 0.2) is 77.9 Å². The highest BCUT2D eigenvalue weighted by molar-refractivity contribution is 7.92. The monoisotopic (exact) mass is 499 g/mol. The first kappa shape index (κ1) is 25.3. The van der Waals surface area contributed by atoms with Crippen LogP contribution in [0.5, 0.6) is 5.75 Å². The van der Waals surface area contributed by atoms with Gasteiger partial charge in [-0.3, -0.25) is 9.10 Å². The molecule has 0 aliphatic heterocycles. The minimum atomic E-state index is -3.58. The summed E-state index contributed by atoms with van der Waals surface area (Å²) in [6.07, 6.45) is 3.59. The topological polar surface area (TPSA) is 88.1 Å². The Balaban J connectivity index is 1.65. The van der Waals surface area contributed by atoms with Crippen molar-refractivity contribution in [2.45, 2.75) is 19.9 Å². The standard InChI is InChI=1S/C25H26ClN3O4S/c1-3-16-33-23-14-8-19(9-15-23)17-27-28-25(30)20-10-12-22(13-11-20)29(34(2,31)32)18-21-6-4-5-7-24(21)26/h4-15,17H,3,16,18H2,1-2H3,(H,28,30)/b27-17-. The van der Waals surface area contributed by atoms with Crippen molar-refractivity contribution in [3.05, 3.63) is 94.5 Å². The fraction of sp³-hybridized carbons (Fsp3) is 0.200. The van der Waals surface area contributed by atoms with E-state index in [9.17, 15) is 13.2 Å². The van der Waals surface area contributed by atoms with Gasteiger partial charge in [0.05, 0.1) is 31.3 Å². The maximum absolute atomic E-state index is 12.4. The molecule has 0 radical (unpaired) electrons. The number of sulfonamides is 1. The van der Waals surface area contributed by atoms with Gasteiger partial charge in [-0.25, -0.2) is 13.8 Å². The predicted octanol–water partition coefficient (Wildman–Crippen LogP) is 4.86. The van der Waals surface area contributed by atoms with E-state index >= 15 is 0 Å². The summed E-state index contributed by atoms with van der Waals surface area (Å²) in [5, 5.41) is 4.47. The van der Waals surface area contributed by atoms with Gasteiger partial charge in [0.1, 0.15) is 5.75 Å². The number of hydrazone groups is 1. The Labute approximate surface area is 205 Å². The van der Waals surface area contributed by atoms with Crippen molar-refractivity contribution in [2.24, 2.45) is 5.10 Å². The fourth-order valence-corrected chi connectivity index (χ4v) is 4.13. The highest BCUT2D eigenvalue weighted by Gasteiger charge is 2.19. The SMILES string of the molecule is CCCOc1ccc(/C=N\NC(=O)c2ccc(N(Cc3ccccc3Cl)S(C)(=O)=O)cc2)cc1. The number of amides is 1. The van der Waals surface area contributed by atoms with Crippen LogP contribution in [0.3, 0.4) is 0 Å². The lowest BCUT2D eigenvalue weighted by molar-refractivity contribution is 0.0955. The molecule has 1 N–H and O–H groups in total. The second-order valence-corrected chi connectivity index (χ2v) is 9.84. The average molecular weight is 500 g/mol. The molecule has 0 saturated heterocycles. The zero-order valence-corrected chi connectivity index (χ0v) is 20.5. The third-order valence-electron chi connectivity index (χ3n) is 4.82. The number of carbonyl (C=O) groups is 1. The fourth-order valence-electron chi connectivity index (χ4n) is 3.06. The Kier molecular flexibility index (Phi) is 8.67. The van der Waals surface area contributed by atoms with Gasteiger partial charge in [-0.2, -0.15) is 5.10 Å². The number of nitrogens with zero attached hydrogens (tertiary/aromatic N) is 2. The molecule has 0 fully saturated rings. The molecule has 9 heteroatoms. The van der Waals surface area contributed by atoms with Crippen LogP contribution >= 0.6 is 11.6 Å². The lowest BCUT2D eigenvalue weighted by atomic mass is 10.2. The molecule has 0 unspecified atom stereocenters. The van der Waals surface area contributed by atoms with E-state index in [0.717, 1.165) is 24.0 Å². The molecule has 0 heterocycles. The van der Waals surface area contributed by atoms with Gasteiger partial charge in [-0.1, -0.05) is 36.7 Å². The molecule has 3 aromatic carbocycles. The highest BCUT2D eigenvalue weighted by atomic mass is 35.5. The molecule has 0 saturated carbocycles. The van der Waals surface area contributed by atoms with E-state index in [1.807, 2.05) is 31.2 Å². The molecule has 34 heavy (non-hydrogen) atoms. The van der Waals surface area contributed by atoms with Crippen LogP contribution in [0.2, 0.25) is 5.02 Å². The molecule has 178 valence electrons. The highest BCUT2D eigenvalue weighted by Crippen LogP contribution is 2.24. The van der Waals surface area contributed by atoms with Gasteiger partial charge in [0.25, 0.3) is 5.91 Å². The number of rotatable bonds is 10. The first-order valence-electron chi connectivity index (χ1n) is 10.7. The number of halogens is 1. The number of hydrogen-bond acceptors (Lipinski definition) is 5. The molecule has 3 aromatic rings. The normalized spacial score (nSPS) is 11.4. The lowest BCUT2D eigenvalue weighted by Gasteiger charge is -2.23. The van der Waals surface area contributed by atoms with Gasteiger partial charge in [0.15, 0.2) is 0 Å². The molecule has 0 spiro atoms. The third kappa shape index (κ3) is 7.07.